The van der Waals surface area contributed by atoms with Crippen LogP contribution < -0.4 is 15.5 Å². The number of piperidine rings is 1. The van der Waals surface area contributed by atoms with Crippen molar-refractivity contribution in [1.29, 1.82) is 0 Å². The molecule has 0 spiro atoms. The Balaban J connectivity index is 1.52. The Kier molecular flexibility index (Phi) is 5.82. The molecule has 132 valence electrons. The van der Waals surface area contributed by atoms with Gasteiger partial charge in [0, 0.05) is 25.0 Å². The fourth-order valence-electron chi connectivity index (χ4n) is 2.90. The minimum absolute atomic E-state index is 0.234. The van der Waals surface area contributed by atoms with E-state index in [-0.39, 0.29) is 6.03 Å². The minimum atomic E-state index is -0.234. The van der Waals surface area contributed by atoms with Gasteiger partial charge in [-0.05, 0) is 49.4 Å². The van der Waals surface area contributed by atoms with Gasteiger partial charge in [0.1, 0.15) is 0 Å². The van der Waals surface area contributed by atoms with Crippen LogP contribution in [0.4, 0.5) is 16.4 Å². The quantitative estimate of drug-likeness (QED) is 0.876. The first-order chi connectivity index (χ1) is 12.2. The van der Waals surface area contributed by atoms with E-state index in [0.717, 1.165) is 36.8 Å². The Morgan fingerprint density at radius 3 is 2.60 bits per heavy atom. The highest BCUT2D eigenvalue weighted by Crippen LogP contribution is 2.15. The van der Waals surface area contributed by atoms with Crippen molar-refractivity contribution < 1.29 is 4.79 Å². The number of nitrogens with zero attached hydrogens (tertiary/aromatic N) is 3. The van der Waals surface area contributed by atoms with Crippen molar-refractivity contribution in [3.63, 3.8) is 0 Å². The maximum atomic E-state index is 12.1. The standard InChI is InChI=1S/C19H25N5O/c1-2-15-6-8-16(9-7-15)23-19(25)21-14-17-10-11-20-18(22-17)24-12-4-3-5-13-24/h6-11H,2-5,12-14H2,1H3,(H2,21,23,25). The van der Waals surface area contributed by atoms with Crippen LogP contribution in [-0.4, -0.2) is 29.1 Å². The summed E-state index contributed by atoms with van der Waals surface area (Å²) in [5.74, 6) is 0.759. The smallest absolute Gasteiger partial charge is 0.319 e. The van der Waals surface area contributed by atoms with Gasteiger partial charge in [0.15, 0.2) is 0 Å². The lowest BCUT2D eigenvalue weighted by atomic mass is 10.1. The van der Waals surface area contributed by atoms with E-state index in [1.807, 2.05) is 30.3 Å². The number of hydrogen-bond donors (Lipinski definition) is 2. The zero-order valence-corrected chi connectivity index (χ0v) is 14.7. The largest absolute Gasteiger partial charge is 0.341 e. The molecule has 0 saturated carbocycles. The summed E-state index contributed by atoms with van der Waals surface area (Å²) in [4.78, 5) is 23.2. The molecule has 0 unspecified atom stereocenters. The molecule has 1 aliphatic rings. The van der Waals surface area contributed by atoms with Crippen molar-refractivity contribution in [2.75, 3.05) is 23.3 Å². The second-order valence-corrected chi connectivity index (χ2v) is 6.25. The molecule has 0 aliphatic carbocycles. The molecule has 25 heavy (non-hydrogen) atoms. The molecular weight excluding hydrogens is 314 g/mol. The van der Waals surface area contributed by atoms with Crippen molar-refractivity contribution in [2.45, 2.75) is 39.2 Å². The summed E-state index contributed by atoms with van der Waals surface area (Å²) in [5, 5.41) is 5.68. The van der Waals surface area contributed by atoms with Gasteiger partial charge < -0.3 is 15.5 Å². The van der Waals surface area contributed by atoms with Crippen molar-refractivity contribution in [2.24, 2.45) is 0 Å². The molecule has 2 amide bonds. The van der Waals surface area contributed by atoms with Gasteiger partial charge in [0.2, 0.25) is 5.95 Å². The third-order valence-electron chi connectivity index (χ3n) is 4.39. The van der Waals surface area contributed by atoms with Crippen molar-refractivity contribution in [1.82, 2.24) is 15.3 Å². The third-order valence-corrected chi connectivity index (χ3v) is 4.39. The first kappa shape index (κ1) is 17.2. The number of hydrogen-bond acceptors (Lipinski definition) is 4. The number of nitrogens with one attached hydrogen (secondary N) is 2. The number of anilines is 2. The maximum Gasteiger partial charge on any atom is 0.319 e. The average Bonchev–Trinajstić information content (AvgIpc) is 2.68. The Hall–Kier alpha value is -2.63. The van der Waals surface area contributed by atoms with Gasteiger partial charge in [-0.1, -0.05) is 19.1 Å². The number of carbonyl (C=O) groups excluding carboxylic acids is 1. The highest BCUT2D eigenvalue weighted by molar-refractivity contribution is 5.89. The zero-order chi connectivity index (χ0) is 17.5. The van der Waals surface area contributed by atoms with E-state index >= 15 is 0 Å². The fourth-order valence-corrected chi connectivity index (χ4v) is 2.90. The molecule has 2 aromatic rings. The number of carbonyl (C=O) groups is 1. The van der Waals surface area contributed by atoms with Crippen LogP contribution in [0.1, 0.15) is 37.4 Å². The lowest BCUT2D eigenvalue weighted by Gasteiger charge is -2.26. The van der Waals surface area contributed by atoms with Gasteiger partial charge in [-0.2, -0.15) is 0 Å². The lowest BCUT2D eigenvalue weighted by molar-refractivity contribution is 0.251. The van der Waals surface area contributed by atoms with Crippen LogP contribution >= 0.6 is 0 Å². The van der Waals surface area contributed by atoms with Crippen molar-refractivity contribution in [3.8, 4) is 0 Å². The topological polar surface area (TPSA) is 70.2 Å². The Morgan fingerprint density at radius 2 is 1.88 bits per heavy atom. The molecule has 0 atom stereocenters. The monoisotopic (exact) mass is 339 g/mol. The molecule has 1 aromatic carbocycles. The van der Waals surface area contributed by atoms with E-state index < -0.39 is 0 Å². The van der Waals surface area contributed by atoms with Gasteiger partial charge in [0.25, 0.3) is 0 Å². The predicted octanol–water partition coefficient (Wildman–Crippen LogP) is 3.35. The molecule has 6 heteroatoms. The first-order valence-electron chi connectivity index (χ1n) is 8.95. The van der Waals surface area contributed by atoms with Gasteiger partial charge in [-0.25, -0.2) is 14.8 Å². The summed E-state index contributed by atoms with van der Waals surface area (Å²) < 4.78 is 0. The number of amides is 2. The van der Waals surface area contributed by atoms with Gasteiger partial charge in [-0.3, -0.25) is 0 Å². The van der Waals surface area contributed by atoms with E-state index in [1.165, 1.54) is 24.8 Å². The van der Waals surface area contributed by atoms with Crippen molar-refractivity contribution >= 4 is 17.7 Å². The highest BCUT2D eigenvalue weighted by atomic mass is 16.2. The van der Waals surface area contributed by atoms with Crippen LogP contribution in [0.3, 0.4) is 0 Å². The van der Waals surface area contributed by atoms with Crippen LogP contribution in [0.25, 0.3) is 0 Å². The Labute approximate surface area is 148 Å². The molecule has 1 saturated heterocycles. The van der Waals surface area contributed by atoms with Crippen molar-refractivity contribution in [3.05, 3.63) is 47.8 Å². The van der Waals surface area contributed by atoms with Gasteiger partial charge in [0.05, 0.1) is 12.2 Å². The minimum Gasteiger partial charge on any atom is -0.341 e. The molecule has 1 aliphatic heterocycles. The summed E-state index contributed by atoms with van der Waals surface area (Å²) in [6.45, 7) is 4.49. The van der Waals surface area contributed by atoms with Gasteiger partial charge in [-0.15, -0.1) is 0 Å². The second kappa shape index (κ2) is 8.46. The lowest BCUT2D eigenvalue weighted by Crippen LogP contribution is -2.32. The van der Waals surface area contributed by atoms with E-state index in [4.69, 9.17) is 0 Å². The number of aromatic nitrogens is 2. The van der Waals surface area contributed by atoms with E-state index in [2.05, 4.69) is 32.4 Å². The van der Waals surface area contributed by atoms with Crippen LogP contribution in [0.2, 0.25) is 0 Å². The Morgan fingerprint density at radius 1 is 1.12 bits per heavy atom. The fraction of sp³-hybridized carbons (Fsp3) is 0.421. The second-order valence-electron chi connectivity index (χ2n) is 6.25. The summed E-state index contributed by atoms with van der Waals surface area (Å²) >= 11 is 0. The normalized spacial score (nSPS) is 14.2. The molecule has 0 radical (unpaired) electrons. The third kappa shape index (κ3) is 4.92. The molecule has 0 bridgehead atoms. The summed E-state index contributed by atoms with van der Waals surface area (Å²) in [6.07, 6.45) is 6.39. The molecule has 1 aromatic heterocycles. The van der Waals surface area contributed by atoms with E-state index in [1.54, 1.807) is 6.20 Å². The highest BCUT2D eigenvalue weighted by Gasteiger charge is 2.13. The number of urea groups is 1. The number of rotatable bonds is 5. The van der Waals surface area contributed by atoms with Crippen LogP contribution in [0.15, 0.2) is 36.5 Å². The SMILES string of the molecule is CCc1ccc(NC(=O)NCc2ccnc(N3CCCCC3)n2)cc1. The summed E-state index contributed by atoms with van der Waals surface area (Å²) in [5.41, 5.74) is 2.84. The van der Waals surface area contributed by atoms with Crippen LogP contribution in [0.5, 0.6) is 0 Å². The van der Waals surface area contributed by atoms with Crippen LogP contribution in [0, 0.1) is 0 Å². The van der Waals surface area contributed by atoms with Gasteiger partial charge >= 0.3 is 6.03 Å². The number of benzene rings is 1. The number of aryl methyl sites for hydroxylation is 1. The summed E-state index contributed by atoms with van der Waals surface area (Å²) in [6, 6.07) is 9.47. The average molecular weight is 339 g/mol. The molecule has 2 heterocycles. The van der Waals surface area contributed by atoms with Crippen LogP contribution in [-0.2, 0) is 13.0 Å². The predicted molar refractivity (Wildman–Crippen MR) is 99.8 cm³/mol. The van der Waals surface area contributed by atoms with E-state index in [9.17, 15) is 4.79 Å². The molecule has 3 rings (SSSR count). The summed E-state index contributed by atoms with van der Waals surface area (Å²) in [7, 11) is 0. The Bertz CT molecular complexity index is 695. The van der Waals surface area contributed by atoms with E-state index in [0.29, 0.717) is 6.54 Å². The zero-order valence-electron chi connectivity index (χ0n) is 14.7. The molecule has 2 N–H and O–H groups in total. The molecular formula is C19H25N5O. The molecule has 1 fully saturated rings. The molecule has 6 nitrogen and oxygen atoms in total. The maximum absolute atomic E-state index is 12.1. The first-order valence-corrected chi connectivity index (χ1v) is 8.95.